The van der Waals surface area contributed by atoms with E-state index in [4.69, 9.17) is 35.9 Å². The van der Waals surface area contributed by atoms with Gasteiger partial charge in [0, 0.05) is 18.7 Å². The van der Waals surface area contributed by atoms with Crippen molar-refractivity contribution in [3.8, 4) is 28.7 Å². The molecule has 35 heavy (non-hydrogen) atoms. The minimum Gasteiger partial charge on any atom is -0.490 e. The first-order chi connectivity index (χ1) is 17.1. The number of ether oxygens (including phenoxy) is 3. The van der Waals surface area contributed by atoms with E-state index in [0.717, 1.165) is 25.1 Å². The Morgan fingerprint density at radius 1 is 0.943 bits per heavy atom. The number of likely N-dealkylation sites (tertiary alicyclic amines) is 1. The molecule has 0 bridgehead atoms. The molecule has 0 spiro atoms. The summed E-state index contributed by atoms with van der Waals surface area (Å²) >= 11 is 5.51. The van der Waals surface area contributed by atoms with Crippen LogP contribution in [-0.2, 0) is 13.1 Å². The van der Waals surface area contributed by atoms with Crippen molar-refractivity contribution in [3.63, 3.8) is 0 Å². The molecule has 0 N–H and O–H groups in total. The lowest BCUT2D eigenvalue weighted by Gasteiger charge is -2.31. The molecule has 2 aromatic carbocycles. The average molecular weight is 498 g/mol. The number of benzene rings is 2. The number of aromatic nitrogens is 2. The molecule has 1 aliphatic rings. The van der Waals surface area contributed by atoms with E-state index in [9.17, 15) is 0 Å². The van der Waals surface area contributed by atoms with Gasteiger partial charge in [-0.25, -0.2) is 4.68 Å². The molecule has 1 fully saturated rings. The summed E-state index contributed by atoms with van der Waals surface area (Å²) in [6.07, 6.45) is 3.48. The van der Waals surface area contributed by atoms with Crippen LogP contribution in [0.3, 0.4) is 0 Å². The molecular formula is C27H35N3O4S. The van der Waals surface area contributed by atoms with E-state index >= 15 is 0 Å². The van der Waals surface area contributed by atoms with Crippen molar-refractivity contribution < 1.29 is 18.6 Å². The van der Waals surface area contributed by atoms with Crippen LogP contribution in [0, 0.1) is 10.8 Å². The maximum absolute atomic E-state index is 5.90. The van der Waals surface area contributed by atoms with Gasteiger partial charge in [0.25, 0.3) is 4.84 Å². The van der Waals surface area contributed by atoms with E-state index in [1.807, 2.05) is 32.9 Å². The van der Waals surface area contributed by atoms with Crippen LogP contribution in [0.15, 0.2) is 46.9 Å². The molecule has 0 aliphatic carbocycles. The fourth-order valence-corrected chi connectivity index (χ4v) is 4.67. The van der Waals surface area contributed by atoms with Crippen LogP contribution in [0.5, 0.6) is 17.2 Å². The quantitative estimate of drug-likeness (QED) is 0.302. The van der Waals surface area contributed by atoms with Crippen molar-refractivity contribution in [2.45, 2.75) is 46.7 Å². The first kappa shape index (κ1) is 25.3. The first-order valence-corrected chi connectivity index (χ1v) is 12.9. The highest BCUT2D eigenvalue weighted by Gasteiger charge is 2.22. The summed E-state index contributed by atoms with van der Waals surface area (Å²) < 4.78 is 25.1. The Bertz CT molecular complexity index is 1110. The zero-order valence-electron chi connectivity index (χ0n) is 20.9. The van der Waals surface area contributed by atoms with Crippen molar-refractivity contribution in [1.29, 1.82) is 0 Å². The van der Waals surface area contributed by atoms with E-state index in [0.29, 0.717) is 60.4 Å². The largest absolute Gasteiger partial charge is 0.490 e. The second kappa shape index (κ2) is 12.2. The molecule has 0 unspecified atom stereocenters. The topological polar surface area (TPSA) is 61.9 Å². The molecule has 1 saturated heterocycles. The van der Waals surface area contributed by atoms with Crippen LogP contribution in [0.4, 0.5) is 0 Å². The SMILES string of the molecule is CCOc1cc(-c2nn(CN3CCC(Cc4ccccc4)CC3)c(=S)o2)cc(OCC)c1OCC. The minimum atomic E-state index is 0.358. The summed E-state index contributed by atoms with van der Waals surface area (Å²) in [5.74, 6) is 2.96. The van der Waals surface area contributed by atoms with Gasteiger partial charge < -0.3 is 18.6 Å². The fraction of sp³-hybridized carbons (Fsp3) is 0.481. The summed E-state index contributed by atoms with van der Waals surface area (Å²) in [4.78, 5) is 2.75. The predicted molar refractivity (Wildman–Crippen MR) is 139 cm³/mol. The second-order valence-electron chi connectivity index (χ2n) is 8.67. The van der Waals surface area contributed by atoms with Gasteiger partial charge in [-0.3, -0.25) is 4.90 Å². The lowest BCUT2D eigenvalue weighted by molar-refractivity contribution is 0.138. The molecule has 1 aliphatic heterocycles. The summed E-state index contributed by atoms with van der Waals surface area (Å²) in [7, 11) is 0. The smallest absolute Gasteiger partial charge is 0.288 e. The highest BCUT2D eigenvalue weighted by Crippen LogP contribution is 2.41. The molecule has 3 aromatic rings. The standard InChI is InChI=1S/C27H35N3O4S/c1-4-31-23-17-22(18-24(32-5-2)25(23)33-6-3)26-28-30(27(35)34-26)19-29-14-12-21(13-15-29)16-20-10-8-7-9-11-20/h7-11,17-18,21H,4-6,12-16,19H2,1-3H3. The van der Waals surface area contributed by atoms with E-state index in [1.165, 1.54) is 18.4 Å². The molecule has 7 nitrogen and oxygen atoms in total. The Morgan fingerprint density at radius 3 is 2.17 bits per heavy atom. The van der Waals surface area contributed by atoms with E-state index in [-0.39, 0.29) is 0 Å². The van der Waals surface area contributed by atoms with Gasteiger partial charge in [-0.15, -0.1) is 5.10 Å². The molecule has 0 atom stereocenters. The minimum absolute atomic E-state index is 0.358. The summed E-state index contributed by atoms with van der Waals surface area (Å²) in [5.41, 5.74) is 2.16. The van der Waals surface area contributed by atoms with Crippen molar-refractivity contribution in [1.82, 2.24) is 14.7 Å². The number of hydrogen-bond acceptors (Lipinski definition) is 7. The van der Waals surface area contributed by atoms with E-state index in [1.54, 1.807) is 4.68 Å². The van der Waals surface area contributed by atoms with Gasteiger partial charge in [0.1, 0.15) is 0 Å². The maximum atomic E-state index is 5.90. The van der Waals surface area contributed by atoms with Gasteiger partial charge in [-0.2, -0.15) is 0 Å². The molecular weight excluding hydrogens is 462 g/mol. The molecule has 8 heteroatoms. The molecule has 4 rings (SSSR count). The number of piperidine rings is 1. The molecule has 188 valence electrons. The number of nitrogens with zero attached hydrogens (tertiary/aromatic N) is 3. The monoisotopic (exact) mass is 497 g/mol. The molecule has 2 heterocycles. The highest BCUT2D eigenvalue weighted by molar-refractivity contribution is 7.71. The van der Waals surface area contributed by atoms with Crippen LogP contribution in [0.2, 0.25) is 0 Å². The van der Waals surface area contributed by atoms with Crippen LogP contribution in [0.1, 0.15) is 39.2 Å². The van der Waals surface area contributed by atoms with Crippen LogP contribution < -0.4 is 14.2 Å². The lowest BCUT2D eigenvalue weighted by atomic mass is 9.90. The third-order valence-corrected chi connectivity index (χ3v) is 6.46. The summed E-state index contributed by atoms with van der Waals surface area (Å²) in [6, 6.07) is 14.5. The van der Waals surface area contributed by atoms with E-state index < -0.39 is 0 Å². The third-order valence-electron chi connectivity index (χ3n) is 6.17. The average Bonchev–Trinajstić information content (AvgIpc) is 3.23. The Labute approximate surface area is 212 Å². The molecule has 0 saturated carbocycles. The van der Waals surface area contributed by atoms with Crippen molar-refractivity contribution >= 4 is 12.2 Å². The van der Waals surface area contributed by atoms with Crippen molar-refractivity contribution in [3.05, 3.63) is 52.9 Å². The fourth-order valence-electron chi connectivity index (χ4n) is 4.49. The van der Waals surface area contributed by atoms with Gasteiger partial charge in [0.05, 0.1) is 26.5 Å². The van der Waals surface area contributed by atoms with Crippen LogP contribution in [-0.4, -0.2) is 47.6 Å². The van der Waals surface area contributed by atoms with Crippen molar-refractivity contribution in [2.75, 3.05) is 32.9 Å². The van der Waals surface area contributed by atoms with Gasteiger partial charge in [0.15, 0.2) is 11.5 Å². The first-order valence-electron chi connectivity index (χ1n) is 12.5. The molecule has 0 radical (unpaired) electrons. The summed E-state index contributed by atoms with van der Waals surface area (Å²) in [6.45, 7) is 10.00. The van der Waals surface area contributed by atoms with Crippen LogP contribution in [0.25, 0.3) is 11.5 Å². The normalized spacial score (nSPS) is 14.7. The van der Waals surface area contributed by atoms with Crippen LogP contribution >= 0.6 is 12.2 Å². The van der Waals surface area contributed by atoms with Gasteiger partial charge in [0.2, 0.25) is 11.6 Å². The Balaban J connectivity index is 1.46. The zero-order chi connectivity index (χ0) is 24.6. The molecule has 1 aromatic heterocycles. The second-order valence-corrected chi connectivity index (χ2v) is 9.02. The Hall–Kier alpha value is -2.84. The van der Waals surface area contributed by atoms with Gasteiger partial charge in [-0.05, 0) is 75.9 Å². The maximum Gasteiger partial charge on any atom is 0.288 e. The Morgan fingerprint density at radius 2 is 1.57 bits per heavy atom. The van der Waals surface area contributed by atoms with Crippen molar-refractivity contribution in [2.24, 2.45) is 5.92 Å². The Kier molecular flexibility index (Phi) is 8.82. The zero-order valence-corrected chi connectivity index (χ0v) is 21.7. The van der Waals surface area contributed by atoms with Gasteiger partial charge in [-0.1, -0.05) is 30.3 Å². The van der Waals surface area contributed by atoms with Gasteiger partial charge >= 0.3 is 0 Å². The number of rotatable bonds is 11. The predicted octanol–water partition coefficient (Wildman–Crippen LogP) is 5.98. The lowest BCUT2D eigenvalue weighted by Crippen LogP contribution is -2.36. The highest BCUT2D eigenvalue weighted by atomic mass is 32.1. The third kappa shape index (κ3) is 6.44. The number of hydrogen-bond donors (Lipinski definition) is 0. The summed E-state index contributed by atoms with van der Waals surface area (Å²) in [5, 5.41) is 4.69. The van der Waals surface area contributed by atoms with E-state index in [2.05, 4.69) is 35.2 Å². The molecule has 0 amide bonds.